The molecule has 0 saturated carbocycles. The molecule has 0 aromatic carbocycles. The lowest BCUT2D eigenvalue weighted by Crippen LogP contribution is -3.10. The molecule has 76 valence electrons. The lowest BCUT2D eigenvalue weighted by Gasteiger charge is -2.35. The molecule has 0 aliphatic carbocycles. The van der Waals surface area contributed by atoms with Gasteiger partial charge in [0.15, 0.2) is 0 Å². The second-order valence-corrected chi connectivity index (χ2v) is 3.84. The number of pyridine rings is 1. The van der Waals surface area contributed by atoms with Crippen LogP contribution < -0.4 is 9.80 Å². The predicted molar refractivity (Wildman–Crippen MR) is 57.2 cm³/mol. The molecular weight excluding hydrogens is 174 g/mol. The summed E-state index contributed by atoms with van der Waals surface area (Å²) >= 11 is 0. The molecule has 0 radical (unpaired) electrons. The third-order valence-electron chi connectivity index (χ3n) is 2.79. The highest BCUT2D eigenvalue weighted by Crippen LogP contribution is 2.16. The van der Waals surface area contributed by atoms with E-state index in [9.17, 15) is 0 Å². The predicted octanol–water partition coefficient (Wildman–Crippen LogP) is -0.113. The summed E-state index contributed by atoms with van der Waals surface area (Å²) in [6, 6.07) is 4.15. The Bertz CT molecular complexity index is 303. The van der Waals surface area contributed by atoms with Crippen molar-refractivity contribution >= 4 is 5.69 Å². The van der Waals surface area contributed by atoms with E-state index >= 15 is 0 Å². The highest BCUT2D eigenvalue weighted by Gasteiger charge is 2.15. The van der Waals surface area contributed by atoms with Crippen LogP contribution in [-0.4, -0.2) is 31.2 Å². The Morgan fingerprint density at radius 1 is 1.43 bits per heavy atom. The lowest BCUT2D eigenvalue weighted by molar-refractivity contribution is -0.854. The Morgan fingerprint density at radius 3 is 2.79 bits per heavy atom. The Hall–Kier alpha value is -1.09. The van der Waals surface area contributed by atoms with Crippen molar-refractivity contribution in [3.63, 3.8) is 0 Å². The normalized spacial score (nSPS) is 18.6. The molecule has 0 atom stereocenters. The van der Waals surface area contributed by atoms with E-state index in [2.05, 4.69) is 29.9 Å². The number of anilines is 1. The fourth-order valence-electron chi connectivity index (χ4n) is 1.87. The molecule has 1 N–H and O–H groups in total. The summed E-state index contributed by atoms with van der Waals surface area (Å²) in [5, 5.41) is 0. The van der Waals surface area contributed by atoms with Gasteiger partial charge in [-0.25, -0.2) is 0 Å². The average molecular weight is 191 g/mol. The zero-order valence-electron chi connectivity index (χ0n) is 8.66. The average Bonchev–Trinajstić information content (AvgIpc) is 2.20. The van der Waals surface area contributed by atoms with E-state index in [4.69, 9.17) is 0 Å². The number of nitrogens with zero attached hydrogens (tertiary/aromatic N) is 2. The minimum atomic E-state index is 1.09. The van der Waals surface area contributed by atoms with Gasteiger partial charge in [0.1, 0.15) is 0 Å². The van der Waals surface area contributed by atoms with E-state index in [1.54, 1.807) is 0 Å². The summed E-state index contributed by atoms with van der Waals surface area (Å²) in [6.45, 7) is 6.48. The number of aromatic nitrogens is 1. The lowest BCUT2D eigenvalue weighted by atomic mass is 10.2. The first-order valence-corrected chi connectivity index (χ1v) is 5.10. The molecule has 1 saturated heterocycles. The van der Waals surface area contributed by atoms with Crippen LogP contribution in [0, 0.1) is 14.0 Å². The van der Waals surface area contributed by atoms with E-state index in [-0.39, 0.29) is 0 Å². The van der Waals surface area contributed by atoms with Crippen molar-refractivity contribution in [2.75, 3.05) is 31.1 Å². The number of nitrogens with one attached hydrogen (secondary N) is 1. The molecule has 0 spiro atoms. The molecule has 1 aromatic rings. The highest BCUT2D eigenvalue weighted by atomic mass is 15.2. The topological polar surface area (TPSA) is 20.6 Å². The van der Waals surface area contributed by atoms with E-state index in [0.717, 1.165) is 31.9 Å². The van der Waals surface area contributed by atoms with E-state index < -0.39 is 0 Å². The quantitative estimate of drug-likeness (QED) is 0.625. The number of rotatable bonds is 1. The van der Waals surface area contributed by atoms with E-state index in [0.29, 0.717) is 0 Å². The molecule has 0 bridgehead atoms. The summed E-state index contributed by atoms with van der Waals surface area (Å²) in [7, 11) is 4.02. The van der Waals surface area contributed by atoms with Crippen LogP contribution >= 0.6 is 0 Å². The van der Waals surface area contributed by atoms with Gasteiger partial charge in [-0.3, -0.25) is 4.98 Å². The Kier molecular flexibility index (Phi) is 2.68. The molecule has 1 aliphatic rings. The van der Waals surface area contributed by atoms with Crippen molar-refractivity contribution in [2.45, 2.75) is 6.92 Å². The molecule has 0 unspecified atom stereocenters. The molecular formula is C11H17N3. The zero-order chi connectivity index (χ0) is 9.97. The Morgan fingerprint density at radius 2 is 2.14 bits per heavy atom. The van der Waals surface area contributed by atoms with Gasteiger partial charge < -0.3 is 9.80 Å². The molecule has 3 nitrogen and oxygen atoms in total. The standard InChI is InChI=1S/C11H17N3/c1-10-11(4-3-5-12-10)14-8-6-13(2)7-9-14/h3-5,13H,2,6-9H2,1H3. The molecule has 1 fully saturated rings. The minimum Gasteiger partial charge on any atom is -0.465 e. The van der Waals surface area contributed by atoms with Crippen LogP contribution in [0.15, 0.2) is 18.3 Å². The van der Waals surface area contributed by atoms with Gasteiger partial charge in [0, 0.05) is 6.20 Å². The zero-order valence-corrected chi connectivity index (χ0v) is 8.66. The van der Waals surface area contributed by atoms with Gasteiger partial charge in [-0.05, 0) is 19.1 Å². The summed E-state index contributed by atoms with van der Waals surface area (Å²) in [6.07, 6.45) is 1.85. The van der Waals surface area contributed by atoms with Crippen molar-refractivity contribution in [1.29, 1.82) is 0 Å². The van der Waals surface area contributed by atoms with Gasteiger partial charge in [0.05, 0.1) is 37.6 Å². The van der Waals surface area contributed by atoms with Crippen LogP contribution in [0.1, 0.15) is 5.69 Å². The molecule has 2 rings (SSSR count). The van der Waals surface area contributed by atoms with Crippen LogP contribution in [-0.2, 0) is 0 Å². The Labute approximate surface area is 85.4 Å². The third kappa shape index (κ3) is 1.87. The highest BCUT2D eigenvalue weighted by molar-refractivity contribution is 5.49. The first-order chi connectivity index (χ1) is 6.77. The van der Waals surface area contributed by atoms with Crippen LogP contribution in [0.25, 0.3) is 0 Å². The van der Waals surface area contributed by atoms with E-state index in [1.165, 1.54) is 10.6 Å². The number of piperazine rings is 1. The van der Waals surface area contributed by atoms with Crippen LogP contribution in [0.4, 0.5) is 5.69 Å². The van der Waals surface area contributed by atoms with Crippen LogP contribution in [0.3, 0.4) is 0 Å². The van der Waals surface area contributed by atoms with Crippen LogP contribution in [0.5, 0.6) is 0 Å². The first-order valence-electron chi connectivity index (χ1n) is 5.10. The first kappa shape index (κ1) is 9.46. The molecule has 14 heavy (non-hydrogen) atoms. The maximum atomic E-state index is 4.31. The second kappa shape index (κ2) is 3.96. The fraction of sp³-hybridized carbons (Fsp3) is 0.455. The monoisotopic (exact) mass is 191 g/mol. The summed E-state index contributed by atoms with van der Waals surface area (Å²) in [5.74, 6) is 0. The van der Waals surface area contributed by atoms with Crippen molar-refractivity contribution in [2.24, 2.45) is 0 Å². The van der Waals surface area contributed by atoms with Gasteiger partial charge >= 0.3 is 0 Å². The molecule has 2 heterocycles. The summed E-state index contributed by atoms with van der Waals surface area (Å²) < 4.78 is 0. The van der Waals surface area contributed by atoms with Crippen molar-refractivity contribution in [3.8, 4) is 0 Å². The number of aryl methyl sites for hydroxylation is 1. The van der Waals surface area contributed by atoms with Gasteiger partial charge in [0.2, 0.25) is 0 Å². The Balaban J connectivity index is 2.12. The number of quaternary nitrogens is 1. The SMILES string of the molecule is [CH2-][NH+]1CCN(c2cccnc2C)CC1. The molecule has 0 amide bonds. The summed E-state index contributed by atoms with van der Waals surface area (Å²) in [5.41, 5.74) is 2.40. The van der Waals surface area contributed by atoms with Crippen molar-refractivity contribution in [1.82, 2.24) is 4.98 Å². The fourth-order valence-corrected chi connectivity index (χ4v) is 1.87. The smallest absolute Gasteiger partial charge is 0.0709 e. The van der Waals surface area contributed by atoms with Gasteiger partial charge in [-0.2, -0.15) is 7.05 Å². The minimum absolute atomic E-state index is 1.09. The molecule has 1 aliphatic heterocycles. The van der Waals surface area contributed by atoms with Crippen molar-refractivity contribution in [3.05, 3.63) is 31.1 Å². The van der Waals surface area contributed by atoms with Gasteiger partial charge in [0.25, 0.3) is 0 Å². The molecule has 1 aromatic heterocycles. The second-order valence-electron chi connectivity index (χ2n) is 3.84. The largest absolute Gasteiger partial charge is 0.465 e. The van der Waals surface area contributed by atoms with Gasteiger partial charge in [-0.15, -0.1) is 0 Å². The van der Waals surface area contributed by atoms with Crippen molar-refractivity contribution < 1.29 is 4.90 Å². The molecule has 3 heteroatoms. The summed E-state index contributed by atoms with van der Waals surface area (Å²) in [4.78, 5) is 8.09. The van der Waals surface area contributed by atoms with Gasteiger partial charge in [-0.1, -0.05) is 0 Å². The van der Waals surface area contributed by atoms with Crippen LogP contribution in [0.2, 0.25) is 0 Å². The maximum absolute atomic E-state index is 4.31. The third-order valence-corrected chi connectivity index (χ3v) is 2.79. The van der Waals surface area contributed by atoms with E-state index in [1.807, 2.05) is 12.3 Å². The number of hydrogen-bond acceptors (Lipinski definition) is 2. The number of hydrogen-bond donors (Lipinski definition) is 1. The maximum Gasteiger partial charge on any atom is 0.0709 e.